The van der Waals surface area contributed by atoms with Crippen molar-refractivity contribution >= 4 is 5.91 Å². The van der Waals surface area contributed by atoms with Gasteiger partial charge in [-0.1, -0.05) is 37.1 Å². The number of benzene rings is 1. The minimum Gasteiger partial charge on any atom is -0.392 e. The van der Waals surface area contributed by atoms with Crippen molar-refractivity contribution in [2.45, 2.75) is 38.8 Å². The molecule has 100 valence electrons. The average Bonchev–Trinajstić information content (AvgIpc) is 2.95. The van der Waals surface area contributed by atoms with Crippen molar-refractivity contribution < 1.29 is 9.90 Å². The molecule has 1 aliphatic carbocycles. The summed E-state index contributed by atoms with van der Waals surface area (Å²) in [5.41, 5.74) is 0.860. The lowest BCUT2D eigenvalue weighted by Crippen LogP contribution is -2.38. The highest BCUT2D eigenvalue weighted by Gasteiger charge is 2.41. The predicted molar refractivity (Wildman–Crippen MR) is 70.7 cm³/mol. The first-order valence-corrected chi connectivity index (χ1v) is 6.59. The Kier molecular flexibility index (Phi) is 4.18. The monoisotopic (exact) mass is 258 g/mol. The molecule has 0 aromatic heterocycles. The van der Waals surface area contributed by atoms with E-state index in [9.17, 15) is 15.2 Å². The Morgan fingerprint density at radius 2 is 1.95 bits per heavy atom. The van der Waals surface area contributed by atoms with E-state index in [0.29, 0.717) is 19.4 Å². The molecular formula is C15H18N2O2. The zero-order chi connectivity index (χ0) is 13.7. The molecule has 0 aliphatic heterocycles. The number of hydrogen-bond donors (Lipinski definition) is 2. The van der Waals surface area contributed by atoms with Crippen LogP contribution in [0.25, 0.3) is 0 Å². The van der Waals surface area contributed by atoms with Crippen LogP contribution in [-0.2, 0) is 17.9 Å². The maximum absolute atomic E-state index is 12.2. The molecule has 0 unspecified atom stereocenters. The van der Waals surface area contributed by atoms with Crippen molar-refractivity contribution in [2.24, 2.45) is 5.41 Å². The zero-order valence-corrected chi connectivity index (χ0v) is 10.9. The predicted octanol–water partition coefficient (Wildman–Crippen LogP) is 1.88. The van der Waals surface area contributed by atoms with E-state index in [2.05, 4.69) is 11.4 Å². The molecule has 1 amide bonds. The molecule has 0 radical (unpaired) electrons. The van der Waals surface area contributed by atoms with Crippen molar-refractivity contribution in [1.82, 2.24) is 5.32 Å². The Bertz CT molecular complexity index is 499. The van der Waals surface area contributed by atoms with Gasteiger partial charge in [0.25, 0.3) is 0 Å². The number of rotatable bonds is 4. The number of aliphatic hydroxyl groups is 1. The number of nitrogens with one attached hydrogen (secondary N) is 1. The standard InChI is InChI=1S/C15H18N2O2/c16-11-15(7-3-4-8-15)14(19)17-9-12-5-1-2-6-13(12)10-18/h1-2,5-6,18H,3-4,7-10H2,(H,17,19). The lowest BCUT2D eigenvalue weighted by molar-refractivity contribution is -0.128. The minimum absolute atomic E-state index is 0.0462. The highest BCUT2D eigenvalue weighted by atomic mass is 16.3. The molecular weight excluding hydrogens is 240 g/mol. The summed E-state index contributed by atoms with van der Waals surface area (Å²) in [4.78, 5) is 12.2. The van der Waals surface area contributed by atoms with Crippen LogP contribution in [0.15, 0.2) is 24.3 Å². The van der Waals surface area contributed by atoms with Gasteiger partial charge in [0.15, 0.2) is 0 Å². The lowest BCUT2D eigenvalue weighted by Gasteiger charge is -2.19. The van der Waals surface area contributed by atoms with Crippen LogP contribution in [0.5, 0.6) is 0 Å². The van der Waals surface area contributed by atoms with E-state index in [1.807, 2.05) is 24.3 Å². The maximum Gasteiger partial charge on any atom is 0.240 e. The summed E-state index contributed by atoms with van der Waals surface area (Å²) in [7, 11) is 0. The molecule has 4 nitrogen and oxygen atoms in total. The normalized spacial score (nSPS) is 16.8. The molecule has 0 saturated heterocycles. The molecule has 1 saturated carbocycles. The van der Waals surface area contributed by atoms with Crippen LogP contribution >= 0.6 is 0 Å². The first-order valence-electron chi connectivity index (χ1n) is 6.59. The largest absolute Gasteiger partial charge is 0.392 e. The third-order valence-electron chi connectivity index (χ3n) is 3.83. The SMILES string of the molecule is N#CC1(C(=O)NCc2ccccc2CO)CCCC1. The molecule has 2 N–H and O–H groups in total. The quantitative estimate of drug-likeness (QED) is 0.866. The fourth-order valence-corrected chi connectivity index (χ4v) is 2.60. The second kappa shape index (κ2) is 5.85. The lowest BCUT2D eigenvalue weighted by atomic mass is 9.87. The number of amides is 1. The summed E-state index contributed by atoms with van der Waals surface area (Å²) in [6.45, 7) is 0.314. The third kappa shape index (κ3) is 2.77. The van der Waals surface area contributed by atoms with Crippen LogP contribution in [0.1, 0.15) is 36.8 Å². The fourth-order valence-electron chi connectivity index (χ4n) is 2.60. The summed E-state index contributed by atoms with van der Waals surface area (Å²) in [5.74, 6) is -0.180. The molecule has 1 aliphatic rings. The topological polar surface area (TPSA) is 73.1 Å². The van der Waals surface area contributed by atoms with Crippen LogP contribution in [-0.4, -0.2) is 11.0 Å². The number of aliphatic hydroxyl groups excluding tert-OH is 1. The molecule has 0 bridgehead atoms. The molecule has 1 fully saturated rings. The van der Waals surface area contributed by atoms with Gasteiger partial charge in [-0.25, -0.2) is 0 Å². The highest BCUT2D eigenvalue weighted by molar-refractivity contribution is 5.85. The van der Waals surface area contributed by atoms with E-state index in [0.717, 1.165) is 24.0 Å². The van der Waals surface area contributed by atoms with Gasteiger partial charge in [-0.05, 0) is 24.0 Å². The average molecular weight is 258 g/mol. The Labute approximate surface area is 113 Å². The van der Waals surface area contributed by atoms with E-state index >= 15 is 0 Å². The van der Waals surface area contributed by atoms with E-state index in [1.54, 1.807) is 0 Å². The Morgan fingerprint density at radius 3 is 2.53 bits per heavy atom. The summed E-state index contributed by atoms with van der Waals surface area (Å²) in [5, 5.41) is 21.3. The Morgan fingerprint density at radius 1 is 1.32 bits per heavy atom. The molecule has 2 rings (SSSR count). The smallest absolute Gasteiger partial charge is 0.240 e. The van der Waals surface area contributed by atoms with Crippen LogP contribution in [0.3, 0.4) is 0 Å². The number of carbonyl (C=O) groups excluding carboxylic acids is 1. The van der Waals surface area contributed by atoms with Crippen LogP contribution in [0, 0.1) is 16.7 Å². The van der Waals surface area contributed by atoms with Gasteiger partial charge in [-0.2, -0.15) is 5.26 Å². The van der Waals surface area contributed by atoms with Gasteiger partial charge >= 0.3 is 0 Å². The number of nitriles is 1. The van der Waals surface area contributed by atoms with Crippen molar-refractivity contribution in [1.29, 1.82) is 5.26 Å². The van der Waals surface area contributed by atoms with E-state index in [-0.39, 0.29) is 12.5 Å². The fraction of sp³-hybridized carbons (Fsp3) is 0.467. The van der Waals surface area contributed by atoms with Gasteiger partial charge in [-0.15, -0.1) is 0 Å². The zero-order valence-electron chi connectivity index (χ0n) is 10.9. The third-order valence-corrected chi connectivity index (χ3v) is 3.83. The Hall–Kier alpha value is -1.86. The van der Waals surface area contributed by atoms with Crippen molar-refractivity contribution in [3.05, 3.63) is 35.4 Å². The second-order valence-electron chi connectivity index (χ2n) is 5.01. The van der Waals surface area contributed by atoms with Crippen LogP contribution < -0.4 is 5.32 Å². The van der Waals surface area contributed by atoms with Gasteiger partial charge < -0.3 is 10.4 Å². The van der Waals surface area contributed by atoms with Gasteiger partial charge in [-0.3, -0.25) is 4.79 Å². The Balaban J connectivity index is 2.02. The molecule has 19 heavy (non-hydrogen) atoms. The minimum atomic E-state index is -0.839. The second-order valence-corrected chi connectivity index (χ2v) is 5.01. The van der Waals surface area contributed by atoms with Crippen molar-refractivity contribution in [2.75, 3.05) is 0 Å². The van der Waals surface area contributed by atoms with Crippen molar-refractivity contribution in [3.63, 3.8) is 0 Å². The molecule has 0 atom stereocenters. The molecule has 4 heteroatoms. The molecule has 0 spiro atoms. The van der Waals surface area contributed by atoms with Gasteiger partial charge in [0.1, 0.15) is 5.41 Å². The highest BCUT2D eigenvalue weighted by Crippen LogP contribution is 2.37. The van der Waals surface area contributed by atoms with Crippen LogP contribution in [0.2, 0.25) is 0 Å². The molecule has 0 heterocycles. The molecule has 1 aromatic rings. The van der Waals surface area contributed by atoms with Gasteiger partial charge in [0.05, 0.1) is 12.7 Å². The molecule has 1 aromatic carbocycles. The number of carbonyl (C=O) groups is 1. The summed E-state index contributed by atoms with van der Waals surface area (Å²) < 4.78 is 0. The van der Waals surface area contributed by atoms with Gasteiger partial charge in [0.2, 0.25) is 5.91 Å². The maximum atomic E-state index is 12.2. The summed E-state index contributed by atoms with van der Waals surface area (Å²) in [6.07, 6.45) is 3.18. The first kappa shape index (κ1) is 13.6. The van der Waals surface area contributed by atoms with Crippen LogP contribution in [0.4, 0.5) is 0 Å². The van der Waals surface area contributed by atoms with E-state index in [1.165, 1.54) is 0 Å². The van der Waals surface area contributed by atoms with Gasteiger partial charge in [0, 0.05) is 6.54 Å². The number of nitrogens with zero attached hydrogens (tertiary/aromatic N) is 1. The summed E-state index contributed by atoms with van der Waals surface area (Å²) >= 11 is 0. The van der Waals surface area contributed by atoms with E-state index in [4.69, 9.17) is 0 Å². The first-order chi connectivity index (χ1) is 9.22. The van der Waals surface area contributed by atoms with E-state index < -0.39 is 5.41 Å². The summed E-state index contributed by atoms with van der Waals surface area (Å²) in [6, 6.07) is 9.61. The number of hydrogen-bond acceptors (Lipinski definition) is 3. The van der Waals surface area contributed by atoms with Crippen molar-refractivity contribution in [3.8, 4) is 6.07 Å².